The highest BCUT2D eigenvalue weighted by molar-refractivity contribution is 8.01. The molecular weight excluding hydrogens is 204 g/mol. The first-order chi connectivity index (χ1) is 7.30. The minimum Gasteiger partial charge on any atom is -0.299 e. The van der Waals surface area contributed by atoms with Crippen LogP contribution in [0, 0.1) is 5.92 Å². The summed E-state index contributed by atoms with van der Waals surface area (Å²) in [6.07, 6.45) is 4.40. The van der Waals surface area contributed by atoms with E-state index in [4.69, 9.17) is 0 Å². The van der Waals surface area contributed by atoms with Gasteiger partial charge < -0.3 is 0 Å². The summed E-state index contributed by atoms with van der Waals surface area (Å²) in [6.45, 7) is 0. The fourth-order valence-corrected chi connectivity index (χ4v) is 3.79. The topological polar surface area (TPSA) is 17.1 Å². The number of hydrogen-bond acceptors (Lipinski definition) is 2. The van der Waals surface area contributed by atoms with Gasteiger partial charge in [0.05, 0.1) is 0 Å². The lowest BCUT2D eigenvalue weighted by Crippen LogP contribution is -2.35. The second-order valence-electron chi connectivity index (χ2n) is 4.54. The van der Waals surface area contributed by atoms with Gasteiger partial charge in [-0.25, -0.2) is 0 Å². The average Bonchev–Trinajstić information content (AvgIpc) is 2.97. The molecule has 0 heterocycles. The SMILES string of the molecule is O=C1CCC1C1(Sc2ccccc2)CC1. The highest BCUT2D eigenvalue weighted by atomic mass is 32.2. The lowest BCUT2D eigenvalue weighted by atomic mass is 9.80. The molecule has 0 saturated heterocycles. The number of rotatable bonds is 3. The number of hydrogen-bond donors (Lipinski definition) is 0. The van der Waals surface area contributed by atoms with E-state index in [1.54, 1.807) is 0 Å². The van der Waals surface area contributed by atoms with Gasteiger partial charge in [-0.05, 0) is 31.4 Å². The van der Waals surface area contributed by atoms with Gasteiger partial charge in [-0.3, -0.25) is 4.79 Å². The van der Waals surface area contributed by atoms with Crippen LogP contribution >= 0.6 is 11.8 Å². The summed E-state index contributed by atoms with van der Waals surface area (Å²) in [4.78, 5) is 12.8. The maximum Gasteiger partial charge on any atom is 0.137 e. The minimum atomic E-state index is 0.288. The maximum absolute atomic E-state index is 11.5. The normalized spacial score (nSPS) is 27.2. The van der Waals surface area contributed by atoms with Crippen LogP contribution in [0.5, 0.6) is 0 Å². The Labute approximate surface area is 94.3 Å². The molecule has 2 fully saturated rings. The molecule has 2 saturated carbocycles. The largest absolute Gasteiger partial charge is 0.299 e. The van der Waals surface area contributed by atoms with E-state index in [-0.39, 0.29) is 4.75 Å². The Hall–Kier alpha value is -0.760. The van der Waals surface area contributed by atoms with Crippen molar-refractivity contribution < 1.29 is 4.79 Å². The third kappa shape index (κ3) is 1.61. The van der Waals surface area contributed by atoms with Gasteiger partial charge in [0.1, 0.15) is 5.78 Å². The van der Waals surface area contributed by atoms with Crippen molar-refractivity contribution in [2.24, 2.45) is 5.92 Å². The first-order valence-corrected chi connectivity index (χ1v) is 6.39. The van der Waals surface area contributed by atoms with Gasteiger partial charge in [-0.1, -0.05) is 18.2 Å². The van der Waals surface area contributed by atoms with Gasteiger partial charge in [0, 0.05) is 22.0 Å². The molecule has 1 aromatic carbocycles. The van der Waals surface area contributed by atoms with Crippen molar-refractivity contribution in [1.82, 2.24) is 0 Å². The zero-order chi connectivity index (χ0) is 10.3. The van der Waals surface area contributed by atoms with Crippen LogP contribution in [0.25, 0.3) is 0 Å². The molecule has 0 aromatic heterocycles. The second kappa shape index (κ2) is 3.38. The van der Waals surface area contributed by atoms with Crippen molar-refractivity contribution >= 4 is 17.5 Å². The van der Waals surface area contributed by atoms with Crippen LogP contribution in [0.15, 0.2) is 35.2 Å². The van der Waals surface area contributed by atoms with Crippen LogP contribution in [0.1, 0.15) is 25.7 Å². The monoisotopic (exact) mass is 218 g/mol. The molecule has 3 rings (SSSR count). The molecule has 1 nitrogen and oxygen atoms in total. The predicted molar refractivity (Wildman–Crippen MR) is 62.0 cm³/mol. The Balaban J connectivity index is 1.75. The van der Waals surface area contributed by atoms with E-state index in [0.717, 1.165) is 12.8 Å². The van der Waals surface area contributed by atoms with E-state index in [1.165, 1.54) is 17.7 Å². The molecular formula is C13H14OS. The van der Waals surface area contributed by atoms with Gasteiger partial charge in [0.2, 0.25) is 0 Å². The zero-order valence-corrected chi connectivity index (χ0v) is 9.43. The summed E-state index contributed by atoms with van der Waals surface area (Å²) in [5.74, 6) is 0.860. The predicted octanol–water partition coefficient (Wildman–Crippen LogP) is 3.29. The molecule has 2 aliphatic carbocycles. The van der Waals surface area contributed by atoms with Crippen LogP contribution in [-0.2, 0) is 4.79 Å². The Morgan fingerprint density at radius 2 is 1.93 bits per heavy atom. The molecule has 0 aliphatic heterocycles. The number of thioether (sulfide) groups is 1. The number of carbonyl (C=O) groups excluding carboxylic acids is 1. The van der Waals surface area contributed by atoms with E-state index in [9.17, 15) is 4.79 Å². The Kier molecular flexibility index (Phi) is 2.13. The average molecular weight is 218 g/mol. The summed E-state index contributed by atoms with van der Waals surface area (Å²) in [7, 11) is 0. The van der Waals surface area contributed by atoms with Crippen LogP contribution in [0.4, 0.5) is 0 Å². The molecule has 0 radical (unpaired) electrons. The Morgan fingerprint density at radius 3 is 2.40 bits per heavy atom. The van der Waals surface area contributed by atoms with Crippen LogP contribution in [-0.4, -0.2) is 10.5 Å². The van der Waals surface area contributed by atoms with Crippen molar-refractivity contribution in [1.29, 1.82) is 0 Å². The Bertz CT molecular complexity index is 381. The van der Waals surface area contributed by atoms with Gasteiger partial charge in [0.15, 0.2) is 0 Å². The smallest absolute Gasteiger partial charge is 0.137 e. The Morgan fingerprint density at radius 1 is 1.20 bits per heavy atom. The fraction of sp³-hybridized carbons (Fsp3) is 0.462. The molecule has 15 heavy (non-hydrogen) atoms. The van der Waals surface area contributed by atoms with Gasteiger partial charge in [-0.2, -0.15) is 0 Å². The highest BCUT2D eigenvalue weighted by Crippen LogP contribution is 2.60. The summed E-state index contributed by atoms with van der Waals surface area (Å²) >= 11 is 1.92. The van der Waals surface area contributed by atoms with E-state index < -0.39 is 0 Å². The quantitative estimate of drug-likeness (QED) is 0.774. The van der Waals surface area contributed by atoms with Crippen molar-refractivity contribution in [2.45, 2.75) is 35.3 Å². The van der Waals surface area contributed by atoms with Gasteiger partial charge in [-0.15, -0.1) is 11.8 Å². The van der Waals surface area contributed by atoms with E-state index in [2.05, 4.69) is 24.3 Å². The van der Waals surface area contributed by atoms with E-state index in [1.807, 2.05) is 17.8 Å². The summed E-state index contributed by atoms with van der Waals surface area (Å²) in [6, 6.07) is 10.5. The molecule has 2 aliphatic rings. The van der Waals surface area contributed by atoms with Crippen molar-refractivity contribution in [3.63, 3.8) is 0 Å². The minimum absolute atomic E-state index is 0.288. The van der Waals surface area contributed by atoms with Crippen molar-refractivity contribution in [2.75, 3.05) is 0 Å². The van der Waals surface area contributed by atoms with E-state index in [0.29, 0.717) is 11.7 Å². The number of carbonyl (C=O) groups is 1. The molecule has 0 N–H and O–H groups in total. The molecule has 0 bridgehead atoms. The van der Waals surface area contributed by atoms with Crippen LogP contribution in [0.3, 0.4) is 0 Å². The van der Waals surface area contributed by atoms with Crippen molar-refractivity contribution in [3.05, 3.63) is 30.3 Å². The van der Waals surface area contributed by atoms with Gasteiger partial charge in [0.25, 0.3) is 0 Å². The fourth-order valence-electron chi connectivity index (χ4n) is 2.33. The summed E-state index contributed by atoms with van der Waals surface area (Å²) < 4.78 is 0.288. The third-order valence-corrected chi connectivity index (χ3v) is 5.12. The van der Waals surface area contributed by atoms with E-state index >= 15 is 0 Å². The van der Waals surface area contributed by atoms with Gasteiger partial charge >= 0.3 is 0 Å². The molecule has 0 amide bonds. The number of Topliss-reactive ketones (excluding diaryl/α,β-unsaturated/α-hetero) is 1. The first-order valence-electron chi connectivity index (χ1n) is 5.57. The lowest BCUT2D eigenvalue weighted by Gasteiger charge is -2.32. The van der Waals surface area contributed by atoms with Crippen molar-refractivity contribution in [3.8, 4) is 0 Å². The summed E-state index contributed by atoms with van der Waals surface area (Å²) in [5, 5.41) is 0. The zero-order valence-electron chi connectivity index (χ0n) is 8.61. The third-order valence-electron chi connectivity index (χ3n) is 3.51. The first kappa shape index (κ1) is 9.46. The molecule has 1 aromatic rings. The van der Waals surface area contributed by atoms with Crippen LogP contribution in [0.2, 0.25) is 0 Å². The number of ketones is 1. The molecule has 1 atom stereocenters. The molecule has 2 heteroatoms. The second-order valence-corrected chi connectivity index (χ2v) is 6.03. The molecule has 78 valence electrons. The lowest BCUT2D eigenvalue weighted by molar-refractivity contribution is -0.129. The summed E-state index contributed by atoms with van der Waals surface area (Å²) in [5.41, 5.74) is 0. The standard InChI is InChI=1S/C13H14OS/c14-12-7-6-11(12)13(8-9-13)15-10-4-2-1-3-5-10/h1-5,11H,6-9H2. The highest BCUT2D eigenvalue weighted by Gasteiger charge is 2.55. The maximum atomic E-state index is 11.5. The number of benzene rings is 1. The molecule has 0 spiro atoms. The molecule has 1 unspecified atom stereocenters. The van der Waals surface area contributed by atoms with Crippen LogP contribution < -0.4 is 0 Å².